The Balaban J connectivity index is 1.77. The Hall–Kier alpha value is -2.83. The Kier molecular flexibility index (Phi) is 3.48. The standard InChI is InChI=1S/C18H17N3O3/c19-14-7-3-1-6-13(14)17(22)21-10-9-12-11-5-2-4-8-15(11)20-16(12)18(21)24-23/h1-8,18,20,23H,9-10,19H2. The van der Waals surface area contributed by atoms with Crippen molar-refractivity contribution in [3.8, 4) is 0 Å². The summed E-state index contributed by atoms with van der Waals surface area (Å²) in [6.07, 6.45) is -0.203. The van der Waals surface area contributed by atoms with Gasteiger partial charge in [0.15, 0.2) is 0 Å². The molecule has 1 amide bonds. The zero-order valence-electron chi connectivity index (χ0n) is 12.9. The zero-order chi connectivity index (χ0) is 16.7. The minimum absolute atomic E-state index is 0.267. The molecule has 1 aromatic heterocycles. The summed E-state index contributed by atoms with van der Waals surface area (Å²) in [5.74, 6) is -0.267. The van der Waals surface area contributed by atoms with Crippen LogP contribution in [0.15, 0.2) is 48.5 Å². The Bertz CT molecular complexity index is 919. The summed E-state index contributed by atoms with van der Waals surface area (Å²) in [4.78, 5) is 22.3. The summed E-state index contributed by atoms with van der Waals surface area (Å²) in [6, 6.07) is 14.8. The number of nitrogen functional groups attached to an aromatic ring is 1. The van der Waals surface area contributed by atoms with Crippen LogP contribution >= 0.6 is 0 Å². The highest BCUT2D eigenvalue weighted by Crippen LogP contribution is 2.35. The quantitative estimate of drug-likeness (QED) is 0.384. The first-order chi connectivity index (χ1) is 11.7. The van der Waals surface area contributed by atoms with Crippen molar-refractivity contribution < 1.29 is 14.9 Å². The molecule has 2 aromatic carbocycles. The summed E-state index contributed by atoms with van der Waals surface area (Å²) in [6.45, 7) is 0.438. The number of nitrogens with zero attached hydrogens (tertiary/aromatic N) is 1. The molecule has 1 unspecified atom stereocenters. The van der Waals surface area contributed by atoms with E-state index in [1.54, 1.807) is 24.3 Å². The Labute approximate surface area is 138 Å². The maximum atomic E-state index is 12.9. The number of carbonyl (C=O) groups excluding carboxylic acids is 1. The van der Waals surface area contributed by atoms with Crippen LogP contribution in [0.1, 0.15) is 27.8 Å². The summed E-state index contributed by atoms with van der Waals surface area (Å²) >= 11 is 0. The molecule has 4 rings (SSSR count). The van der Waals surface area contributed by atoms with Gasteiger partial charge in [0.05, 0.1) is 11.3 Å². The smallest absolute Gasteiger partial charge is 0.258 e. The van der Waals surface area contributed by atoms with Crippen molar-refractivity contribution in [2.75, 3.05) is 12.3 Å². The lowest BCUT2D eigenvalue weighted by molar-refractivity contribution is -0.312. The first kappa shape index (κ1) is 14.7. The predicted octanol–water partition coefficient (Wildman–Crippen LogP) is 2.94. The lowest BCUT2D eigenvalue weighted by Crippen LogP contribution is -2.41. The highest BCUT2D eigenvalue weighted by molar-refractivity contribution is 5.99. The Morgan fingerprint density at radius 2 is 1.96 bits per heavy atom. The molecule has 122 valence electrons. The van der Waals surface area contributed by atoms with Gasteiger partial charge in [-0.2, -0.15) is 0 Å². The number of aromatic nitrogens is 1. The lowest BCUT2D eigenvalue weighted by atomic mass is 10.0. The van der Waals surface area contributed by atoms with Gasteiger partial charge in [0.2, 0.25) is 6.23 Å². The number of aromatic amines is 1. The van der Waals surface area contributed by atoms with Gasteiger partial charge < -0.3 is 15.6 Å². The van der Waals surface area contributed by atoms with E-state index in [1.165, 1.54) is 4.90 Å². The Morgan fingerprint density at radius 1 is 1.21 bits per heavy atom. The zero-order valence-corrected chi connectivity index (χ0v) is 12.9. The van der Waals surface area contributed by atoms with E-state index in [-0.39, 0.29) is 5.91 Å². The minimum Gasteiger partial charge on any atom is -0.398 e. The molecule has 0 fully saturated rings. The van der Waals surface area contributed by atoms with E-state index < -0.39 is 6.23 Å². The summed E-state index contributed by atoms with van der Waals surface area (Å²) < 4.78 is 0. The fourth-order valence-corrected chi connectivity index (χ4v) is 3.37. The van der Waals surface area contributed by atoms with Crippen LogP contribution in [0.25, 0.3) is 10.9 Å². The summed E-state index contributed by atoms with van der Waals surface area (Å²) in [5.41, 5.74) is 9.44. The SMILES string of the molecule is Nc1ccccc1C(=O)N1CCc2c([nH]c3ccccc23)C1OO. The molecule has 0 bridgehead atoms. The van der Waals surface area contributed by atoms with Crippen molar-refractivity contribution >= 4 is 22.5 Å². The number of H-pyrrole nitrogens is 1. The first-order valence-electron chi connectivity index (χ1n) is 7.76. The number of nitrogens with two attached hydrogens (primary N) is 1. The normalized spacial score (nSPS) is 17.0. The van der Waals surface area contributed by atoms with Crippen LogP contribution in [-0.2, 0) is 11.3 Å². The first-order valence-corrected chi connectivity index (χ1v) is 7.76. The number of fused-ring (bicyclic) bond motifs is 3. The molecule has 0 saturated heterocycles. The number of hydrogen-bond acceptors (Lipinski definition) is 4. The Morgan fingerprint density at radius 3 is 2.75 bits per heavy atom. The molecule has 1 atom stereocenters. The number of carbonyl (C=O) groups is 1. The number of benzene rings is 2. The average molecular weight is 323 g/mol. The van der Waals surface area contributed by atoms with Gasteiger partial charge in [0.1, 0.15) is 0 Å². The third kappa shape index (κ3) is 2.16. The monoisotopic (exact) mass is 323 g/mol. The second-order valence-electron chi connectivity index (χ2n) is 5.86. The van der Waals surface area contributed by atoms with Crippen molar-refractivity contribution in [3.05, 3.63) is 65.4 Å². The van der Waals surface area contributed by atoms with Crippen LogP contribution in [0.5, 0.6) is 0 Å². The molecule has 24 heavy (non-hydrogen) atoms. The second-order valence-corrected chi connectivity index (χ2v) is 5.86. The number of rotatable bonds is 2. The molecular formula is C18H17N3O3. The van der Waals surface area contributed by atoms with Gasteiger partial charge in [0.25, 0.3) is 5.91 Å². The molecule has 0 saturated carbocycles. The van der Waals surface area contributed by atoms with Gasteiger partial charge in [-0.25, -0.2) is 10.1 Å². The summed E-state index contributed by atoms with van der Waals surface area (Å²) in [5, 5.41) is 10.5. The van der Waals surface area contributed by atoms with E-state index in [4.69, 9.17) is 5.73 Å². The van der Waals surface area contributed by atoms with E-state index in [1.807, 2.05) is 24.3 Å². The molecular weight excluding hydrogens is 306 g/mol. The van der Waals surface area contributed by atoms with Crippen molar-refractivity contribution in [1.82, 2.24) is 9.88 Å². The van der Waals surface area contributed by atoms with Crippen molar-refractivity contribution in [2.24, 2.45) is 0 Å². The van der Waals surface area contributed by atoms with Gasteiger partial charge in [-0.15, -0.1) is 0 Å². The maximum Gasteiger partial charge on any atom is 0.258 e. The van der Waals surface area contributed by atoms with Gasteiger partial charge in [0, 0.05) is 23.1 Å². The number of amides is 1. The van der Waals surface area contributed by atoms with Gasteiger partial charge in [-0.3, -0.25) is 4.79 Å². The highest BCUT2D eigenvalue weighted by Gasteiger charge is 2.35. The van der Waals surface area contributed by atoms with Crippen molar-refractivity contribution in [1.29, 1.82) is 0 Å². The molecule has 1 aliphatic heterocycles. The van der Waals surface area contributed by atoms with Crippen LogP contribution in [-0.4, -0.2) is 27.6 Å². The van der Waals surface area contributed by atoms with Gasteiger partial charge >= 0.3 is 0 Å². The van der Waals surface area contributed by atoms with E-state index >= 15 is 0 Å². The van der Waals surface area contributed by atoms with Crippen molar-refractivity contribution in [3.63, 3.8) is 0 Å². The van der Waals surface area contributed by atoms with E-state index in [9.17, 15) is 10.1 Å². The van der Waals surface area contributed by atoms with Crippen LogP contribution in [0.2, 0.25) is 0 Å². The maximum absolute atomic E-state index is 12.9. The minimum atomic E-state index is -0.881. The topological polar surface area (TPSA) is 91.6 Å². The van der Waals surface area contributed by atoms with E-state index in [2.05, 4.69) is 9.87 Å². The average Bonchev–Trinajstić information content (AvgIpc) is 2.99. The number of para-hydroxylation sites is 2. The second kappa shape index (κ2) is 5.67. The third-order valence-electron chi connectivity index (χ3n) is 4.53. The molecule has 0 radical (unpaired) electrons. The fraction of sp³-hybridized carbons (Fsp3) is 0.167. The van der Waals surface area contributed by atoms with Gasteiger partial charge in [-0.1, -0.05) is 30.3 Å². The molecule has 3 aromatic rings. The van der Waals surface area contributed by atoms with Crippen molar-refractivity contribution in [2.45, 2.75) is 12.6 Å². The van der Waals surface area contributed by atoms with Crippen LogP contribution in [0.3, 0.4) is 0 Å². The number of nitrogens with one attached hydrogen (secondary N) is 1. The largest absolute Gasteiger partial charge is 0.398 e. The third-order valence-corrected chi connectivity index (χ3v) is 4.53. The predicted molar refractivity (Wildman–Crippen MR) is 90.3 cm³/mol. The van der Waals surface area contributed by atoms with Crippen LogP contribution in [0, 0.1) is 0 Å². The molecule has 6 heteroatoms. The lowest BCUT2D eigenvalue weighted by Gasteiger charge is -2.33. The van der Waals surface area contributed by atoms with E-state index in [0.717, 1.165) is 16.5 Å². The molecule has 0 aliphatic carbocycles. The summed E-state index contributed by atoms with van der Waals surface area (Å²) in [7, 11) is 0. The molecule has 0 spiro atoms. The molecule has 4 N–H and O–H groups in total. The number of hydrogen-bond donors (Lipinski definition) is 3. The molecule has 6 nitrogen and oxygen atoms in total. The van der Waals surface area contributed by atoms with Crippen LogP contribution < -0.4 is 5.73 Å². The van der Waals surface area contributed by atoms with E-state index in [0.29, 0.717) is 29.9 Å². The molecule has 1 aliphatic rings. The van der Waals surface area contributed by atoms with Gasteiger partial charge in [-0.05, 0) is 30.2 Å². The molecule has 2 heterocycles. The van der Waals surface area contributed by atoms with Crippen LogP contribution in [0.4, 0.5) is 5.69 Å². The number of anilines is 1. The fourth-order valence-electron chi connectivity index (χ4n) is 3.37. The highest BCUT2D eigenvalue weighted by atomic mass is 17.1.